The van der Waals surface area contributed by atoms with Gasteiger partial charge in [-0.15, -0.1) is 0 Å². The molecule has 0 aliphatic carbocycles. The molecule has 4 nitrogen and oxygen atoms in total. The lowest BCUT2D eigenvalue weighted by Crippen LogP contribution is -2.15. The number of hydrogen-bond donors (Lipinski definition) is 2. The summed E-state index contributed by atoms with van der Waals surface area (Å²) in [5, 5.41) is 0. The van der Waals surface area contributed by atoms with E-state index in [9.17, 15) is 9.18 Å². The molecule has 0 fully saturated rings. The number of rotatable bonds is 2. The van der Waals surface area contributed by atoms with Gasteiger partial charge in [0, 0.05) is 12.2 Å². The summed E-state index contributed by atoms with van der Waals surface area (Å²) in [6.07, 6.45) is 1.09. The minimum Gasteiger partial charge on any atom is -0.365 e. The first-order valence-corrected chi connectivity index (χ1v) is 3.73. The lowest BCUT2D eigenvalue weighted by Gasteiger charge is -2.05. The highest BCUT2D eigenvalue weighted by Gasteiger charge is 2.11. The number of nitrogens with two attached hydrogens (primary N) is 2. The van der Waals surface area contributed by atoms with Crippen molar-refractivity contribution < 1.29 is 9.18 Å². The molecule has 0 bridgehead atoms. The number of primary amides is 1. The van der Waals surface area contributed by atoms with Crippen LogP contribution in [0.5, 0.6) is 0 Å². The third-order valence-corrected chi connectivity index (χ3v) is 1.61. The molecule has 1 atom stereocenters. The van der Waals surface area contributed by atoms with Crippen LogP contribution in [0.3, 0.4) is 0 Å². The maximum absolute atomic E-state index is 13.1. The molecule has 70 valence electrons. The molecular formula is C8H10FN3O. The lowest BCUT2D eigenvalue weighted by molar-refractivity contribution is 0.0996. The molecule has 0 aromatic carbocycles. The number of carbonyl (C=O) groups is 1. The van der Waals surface area contributed by atoms with Crippen LogP contribution >= 0.6 is 0 Å². The number of carbonyl (C=O) groups excluding carboxylic acids is 1. The number of aromatic nitrogens is 1. The zero-order valence-electron chi connectivity index (χ0n) is 7.12. The van der Waals surface area contributed by atoms with E-state index in [0.29, 0.717) is 5.69 Å². The fraction of sp³-hybridized carbons (Fsp3) is 0.250. The van der Waals surface area contributed by atoms with E-state index < -0.39 is 11.7 Å². The molecular weight excluding hydrogens is 173 g/mol. The van der Waals surface area contributed by atoms with Gasteiger partial charge in [0.1, 0.15) is 5.82 Å². The van der Waals surface area contributed by atoms with Crippen LogP contribution in [0, 0.1) is 5.82 Å². The maximum atomic E-state index is 13.1. The van der Waals surface area contributed by atoms with Crippen molar-refractivity contribution in [1.29, 1.82) is 0 Å². The second-order valence-corrected chi connectivity index (χ2v) is 2.74. The molecule has 0 aliphatic heterocycles. The van der Waals surface area contributed by atoms with Crippen LogP contribution in [-0.4, -0.2) is 10.9 Å². The summed E-state index contributed by atoms with van der Waals surface area (Å²) in [7, 11) is 0. The molecule has 1 heterocycles. The van der Waals surface area contributed by atoms with Gasteiger partial charge in [0.15, 0.2) is 0 Å². The summed E-state index contributed by atoms with van der Waals surface area (Å²) >= 11 is 0. The number of pyridine rings is 1. The standard InChI is InChI=1S/C8H10FN3O/c1-4(10)7-2-6(9)5(3-12-7)8(11)13/h2-4H,10H2,1H3,(H2,11,13). The van der Waals surface area contributed by atoms with Crippen molar-refractivity contribution in [2.45, 2.75) is 13.0 Å². The fourth-order valence-electron chi connectivity index (χ4n) is 0.876. The molecule has 1 unspecified atom stereocenters. The van der Waals surface area contributed by atoms with Crippen LogP contribution in [0.15, 0.2) is 12.3 Å². The van der Waals surface area contributed by atoms with Gasteiger partial charge in [-0.25, -0.2) is 4.39 Å². The van der Waals surface area contributed by atoms with E-state index in [-0.39, 0.29) is 11.6 Å². The van der Waals surface area contributed by atoms with Gasteiger partial charge in [-0.2, -0.15) is 0 Å². The molecule has 1 aromatic heterocycles. The Labute approximate surface area is 74.8 Å². The van der Waals surface area contributed by atoms with E-state index in [2.05, 4.69) is 4.98 Å². The smallest absolute Gasteiger partial charge is 0.253 e. The Bertz CT molecular complexity index is 338. The first kappa shape index (κ1) is 9.60. The Morgan fingerprint density at radius 3 is 2.69 bits per heavy atom. The highest BCUT2D eigenvalue weighted by atomic mass is 19.1. The Kier molecular flexibility index (Phi) is 2.57. The van der Waals surface area contributed by atoms with Gasteiger partial charge in [-0.1, -0.05) is 0 Å². The van der Waals surface area contributed by atoms with Crippen LogP contribution in [-0.2, 0) is 0 Å². The molecule has 0 radical (unpaired) electrons. The predicted molar refractivity (Wildman–Crippen MR) is 45.3 cm³/mol. The zero-order chi connectivity index (χ0) is 10.0. The predicted octanol–water partition coefficient (Wildman–Crippen LogP) is 0.339. The number of halogens is 1. The summed E-state index contributed by atoms with van der Waals surface area (Å²) in [6.45, 7) is 1.67. The van der Waals surface area contributed by atoms with Crippen molar-refractivity contribution >= 4 is 5.91 Å². The summed E-state index contributed by atoms with van der Waals surface area (Å²) in [6, 6.07) is 0.751. The monoisotopic (exact) mass is 183 g/mol. The first-order valence-electron chi connectivity index (χ1n) is 3.73. The molecule has 0 aliphatic rings. The number of hydrogen-bond acceptors (Lipinski definition) is 3. The third kappa shape index (κ3) is 2.00. The van der Waals surface area contributed by atoms with Crippen molar-refractivity contribution in [3.63, 3.8) is 0 Å². The van der Waals surface area contributed by atoms with Gasteiger partial charge in [-0.05, 0) is 13.0 Å². The molecule has 5 heteroatoms. The van der Waals surface area contributed by atoms with Crippen molar-refractivity contribution in [2.24, 2.45) is 11.5 Å². The van der Waals surface area contributed by atoms with Gasteiger partial charge >= 0.3 is 0 Å². The van der Waals surface area contributed by atoms with E-state index in [0.717, 1.165) is 12.3 Å². The third-order valence-electron chi connectivity index (χ3n) is 1.61. The van der Waals surface area contributed by atoms with E-state index in [1.807, 2.05) is 0 Å². The van der Waals surface area contributed by atoms with Crippen molar-refractivity contribution in [3.8, 4) is 0 Å². The molecule has 1 amide bonds. The number of amides is 1. The minimum absolute atomic E-state index is 0.218. The van der Waals surface area contributed by atoms with E-state index in [1.54, 1.807) is 6.92 Å². The molecule has 0 saturated carbocycles. The Morgan fingerprint density at radius 1 is 1.69 bits per heavy atom. The lowest BCUT2D eigenvalue weighted by atomic mass is 10.2. The van der Waals surface area contributed by atoms with Crippen LogP contribution in [0.4, 0.5) is 4.39 Å². The quantitative estimate of drug-likeness (QED) is 0.693. The van der Waals surface area contributed by atoms with E-state index in [1.165, 1.54) is 0 Å². The van der Waals surface area contributed by atoms with Gasteiger partial charge < -0.3 is 11.5 Å². The van der Waals surface area contributed by atoms with Crippen LogP contribution < -0.4 is 11.5 Å². The fourth-order valence-corrected chi connectivity index (χ4v) is 0.876. The molecule has 13 heavy (non-hydrogen) atoms. The average Bonchev–Trinajstić information content (AvgIpc) is 2.03. The summed E-state index contributed by atoms with van der Waals surface area (Å²) in [4.78, 5) is 14.4. The van der Waals surface area contributed by atoms with E-state index >= 15 is 0 Å². The highest BCUT2D eigenvalue weighted by Crippen LogP contribution is 2.11. The zero-order valence-corrected chi connectivity index (χ0v) is 7.12. The van der Waals surface area contributed by atoms with Crippen LogP contribution in [0.25, 0.3) is 0 Å². The molecule has 0 saturated heterocycles. The average molecular weight is 183 g/mol. The largest absolute Gasteiger partial charge is 0.365 e. The maximum Gasteiger partial charge on any atom is 0.253 e. The summed E-state index contributed by atoms with van der Waals surface area (Å²) < 4.78 is 13.1. The summed E-state index contributed by atoms with van der Waals surface area (Å²) in [5.74, 6) is -1.52. The van der Waals surface area contributed by atoms with E-state index in [4.69, 9.17) is 11.5 Å². The molecule has 1 aromatic rings. The first-order chi connectivity index (χ1) is 6.02. The van der Waals surface area contributed by atoms with Gasteiger partial charge in [0.05, 0.1) is 11.3 Å². The van der Waals surface area contributed by atoms with Crippen molar-refractivity contribution in [3.05, 3.63) is 29.3 Å². The van der Waals surface area contributed by atoms with Gasteiger partial charge in [0.25, 0.3) is 5.91 Å². The summed E-state index contributed by atoms with van der Waals surface area (Å²) in [5.41, 5.74) is 10.5. The second kappa shape index (κ2) is 3.49. The Hall–Kier alpha value is -1.49. The highest BCUT2D eigenvalue weighted by molar-refractivity contribution is 5.92. The van der Waals surface area contributed by atoms with Crippen LogP contribution in [0.1, 0.15) is 29.0 Å². The van der Waals surface area contributed by atoms with Gasteiger partial charge in [-0.3, -0.25) is 9.78 Å². The normalized spacial score (nSPS) is 12.5. The Balaban J connectivity index is 3.13. The number of nitrogens with zero attached hydrogens (tertiary/aromatic N) is 1. The Morgan fingerprint density at radius 2 is 2.31 bits per heavy atom. The molecule has 1 rings (SSSR count). The SMILES string of the molecule is CC(N)c1cc(F)c(C(N)=O)cn1. The second-order valence-electron chi connectivity index (χ2n) is 2.74. The minimum atomic E-state index is -0.832. The molecule has 0 spiro atoms. The van der Waals surface area contributed by atoms with Crippen LogP contribution in [0.2, 0.25) is 0 Å². The molecule has 4 N–H and O–H groups in total. The topological polar surface area (TPSA) is 82.0 Å². The van der Waals surface area contributed by atoms with Gasteiger partial charge in [0.2, 0.25) is 0 Å². The van der Waals surface area contributed by atoms with Crippen molar-refractivity contribution in [1.82, 2.24) is 4.98 Å². The van der Waals surface area contributed by atoms with Crippen molar-refractivity contribution in [2.75, 3.05) is 0 Å².